The second kappa shape index (κ2) is 5.05. The van der Waals surface area contributed by atoms with Crippen LogP contribution in [0.5, 0.6) is 0 Å². The molecule has 0 aliphatic heterocycles. The van der Waals surface area contributed by atoms with Crippen LogP contribution in [0.15, 0.2) is 18.3 Å². The summed E-state index contributed by atoms with van der Waals surface area (Å²) in [6, 6.07) is 4.09. The van der Waals surface area contributed by atoms with E-state index in [1.165, 1.54) is 0 Å². The topological polar surface area (TPSA) is 87.0 Å². The van der Waals surface area contributed by atoms with Crippen molar-refractivity contribution in [2.24, 2.45) is 0 Å². The smallest absolute Gasteiger partial charge is 0.0672 e. The fourth-order valence-electron chi connectivity index (χ4n) is 1.89. The third-order valence-electron chi connectivity index (χ3n) is 2.94. The van der Waals surface area contributed by atoms with E-state index in [1.807, 2.05) is 12.1 Å². The zero-order valence-electron chi connectivity index (χ0n) is 9.90. The van der Waals surface area contributed by atoms with Crippen molar-refractivity contribution in [3.63, 3.8) is 0 Å². The van der Waals surface area contributed by atoms with Crippen molar-refractivity contribution >= 4 is 22.3 Å². The van der Waals surface area contributed by atoms with Crippen molar-refractivity contribution in [3.8, 4) is 0 Å². The maximum Gasteiger partial charge on any atom is 0.0672 e. The van der Waals surface area contributed by atoms with Gasteiger partial charge in [-0.25, -0.2) is 0 Å². The van der Waals surface area contributed by atoms with Crippen LogP contribution in [-0.4, -0.2) is 28.0 Å². The standard InChI is InChI=1S/C12H18N4O/c1-2-9(3-4-17)15-12-6-11-8(5-10(12)13)7-14-16-11/h5-7,9,15,17H,2-4,13H2,1H3,(H,14,16). The lowest BCUT2D eigenvalue weighted by molar-refractivity contribution is 0.278. The van der Waals surface area contributed by atoms with Gasteiger partial charge in [0.25, 0.3) is 0 Å². The van der Waals surface area contributed by atoms with E-state index in [4.69, 9.17) is 10.8 Å². The average molecular weight is 234 g/mol. The van der Waals surface area contributed by atoms with Gasteiger partial charge in [-0.05, 0) is 25.0 Å². The van der Waals surface area contributed by atoms with Crippen LogP contribution in [0.3, 0.4) is 0 Å². The zero-order valence-corrected chi connectivity index (χ0v) is 9.90. The fourth-order valence-corrected chi connectivity index (χ4v) is 1.89. The molecule has 92 valence electrons. The number of aromatic nitrogens is 2. The molecular formula is C12H18N4O. The van der Waals surface area contributed by atoms with Crippen LogP contribution in [0, 0.1) is 0 Å². The molecule has 0 aliphatic carbocycles. The van der Waals surface area contributed by atoms with Crippen LogP contribution >= 0.6 is 0 Å². The van der Waals surface area contributed by atoms with Crippen LogP contribution in [0.1, 0.15) is 19.8 Å². The van der Waals surface area contributed by atoms with Gasteiger partial charge in [-0.3, -0.25) is 5.10 Å². The lowest BCUT2D eigenvalue weighted by atomic mass is 10.1. The number of nitrogens with zero attached hydrogens (tertiary/aromatic N) is 1. The molecule has 0 spiro atoms. The van der Waals surface area contributed by atoms with Gasteiger partial charge in [0.15, 0.2) is 0 Å². The van der Waals surface area contributed by atoms with Gasteiger partial charge in [0.2, 0.25) is 0 Å². The summed E-state index contributed by atoms with van der Waals surface area (Å²) in [5.41, 5.74) is 8.53. The first-order chi connectivity index (χ1) is 8.24. The van der Waals surface area contributed by atoms with Gasteiger partial charge in [-0.15, -0.1) is 0 Å². The first kappa shape index (κ1) is 11.7. The van der Waals surface area contributed by atoms with E-state index in [1.54, 1.807) is 6.20 Å². The Morgan fingerprint density at radius 1 is 1.53 bits per heavy atom. The summed E-state index contributed by atoms with van der Waals surface area (Å²) >= 11 is 0. The van der Waals surface area contributed by atoms with Crippen molar-refractivity contribution in [1.82, 2.24) is 10.2 Å². The fraction of sp³-hybridized carbons (Fsp3) is 0.417. The van der Waals surface area contributed by atoms with E-state index in [0.717, 1.165) is 29.4 Å². The predicted octanol–water partition coefficient (Wildman–Crippen LogP) is 1.72. The number of rotatable bonds is 5. The Kier molecular flexibility index (Phi) is 3.49. The van der Waals surface area contributed by atoms with E-state index >= 15 is 0 Å². The molecule has 2 rings (SSSR count). The molecule has 1 aromatic heterocycles. The van der Waals surface area contributed by atoms with Crippen molar-refractivity contribution in [2.75, 3.05) is 17.7 Å². The first-order valence-corrected chi connectivity index (χ1v) is 5.84. The summed E-state index contributed by atoms with van der Waals surface area (Å²) in [5, 5.41) is 20.2. The average Bonchev–Trinajstić information content (AvgIpc) is 2.75. The lowest BCUT2D eigenvalue weighted by Gasteiger charge is -2.18. The summed E-state index contributed by atoms with van der Waals surface area (Å²) in [6.07, 6.45) is 3.42. The largest absolute Gasteiger partial charge is 0.397 e. The number of nitrogens with two attached hydrogens (primary N) is 1. The third-order valence-corrected chi connectivity index (χ3v) is 2.94. The highest BCUT2D eigenvalue weighted by Gasteiger charge is 2.09. The monoisotopic (exact) mass is 234 g/mol. The lowest BCUT2D eigenvalue weighted by Crippen LogP contribution is -2.20. The number of aliphatic hydroxyl groups is 1. The molecule has 1 atom stereocenters. The number of nitrogens with one attached hydrogen (secondary N) is 2. The number of aromatic amines is 1. The first-order valence-electron chi connectivity index (χ1n) is 5.84. The van der Waals surface area contributed by atoms with Crippen LogP contribution in [0.25, 0.3) is 10.9 Å². The van der Waals surface area contributed by atoms with Gasteiger partial charge in [-0.1, -0.05) is 6.92 Å². The molecule has 5 nitrogen and oxygen atoms in total. The predicted molar refractivity (Wildman–Crippen MR) is 69.9 cm³/mol. The molecule has 1 aromatic carbocycles. The van der Waals surface area contributed by atoms with Crippen LogP contribution < -0.4 is 11.1 Å². The van der Waals surface area contributed by atoms with Crippen LogP contribution in [0.4, 0.5) is 11.4 Å². The Morgan fingerprint density at radius 3 is 3.06 bits per heavy atom. The zero-order chi connectivity index (χ0) is 12.3. The van der Waals surface area contributed by atoms with Crippen LogP contribution in [-0.2, 0) is 0 Å². The molecule has 0 aliphatic rings. The minimum Gasteiger partial charge on any atom is -0.397 e. The third kappa shape index (κ3) is 2.50. The Labute approximate surface area is 100 Å². The normalized spacial score (nSPS) is 12.8. The van der Waals surface area contributed by atoms with E-state index in [9.17, 15) is 0 Å². The molecule has 0 radical (unpaired) electrons. The molecule has 5 heteroatoms. The summed E-state index contributed by atoms with van der Waals surface area (Å²) in [5.74, 6) is 0. The Morgan fingerprint density at radius 2 is 2.35 bits per heavy atom. The molecule has 1 heterocycles. The molecular weight excluding hydrogens is 216 g/mol. The number of benzene rings is 1. The summed E-state index contributed by atoms with van der Waals surface area (Å²) in [4.78, 5) is 0. The molecule has 1 unspecified atom stereocenters. The second-order valence-corrected chi connectivity index (χ2v) is 4.16. The minimum absolute atomic E-state index is 0.178. The van der Waals surface area contributed by atoms with Crippen molar-refractivity contribution < 1.29 is 5.11 Å². The number of anilines is 2. The minimum atomic E-state index is 0.178. The van der Waals surface area contributed by atoms with Crippen LogP contribution in [0.2, 0.25) is 0 Å². The van der Waals surface area contributed by atoms with E-state index < -0.39 is 0 Å². The molecule has 5 N–H and O–H groups in total. The Hall–Kier alpha value is -1.75. The van der Waals surface area contributed by atoms with Crippen molar-refractivity contribution in [1.29, 1.82) is 0 Å². The van der Waals surface area contributed by atoms with E-state index in [2.05, 4.69) is 22.4 Å². The van der Waals surface area contributed by atoms with E-state index in [-0.39, 0.29) is 12.6 Å². The Bertz CT molecular complexity index is 494. The van der Waals surface area contributed by atoms with Gasteiger partial charge in [0.05, 0.1) is 23.1 Å². The number of aliphatic hydroxyl groups excluding tert-OH is 1. The molecule has 0 fully saturated rings. The number of nitrogen functional groups attached to an aromatic ring is 1. The maximum atomic E-state index is 8.97. The second-order valence-electron chi connectivity index (χ2n) is 4.16. The van der Waals surface area contributed by atoms with E-state index in [0.29, 0.717) is 5.69 Å². The van der Waals surface area contributed by atoms with Crippen molar-refractivity contribution in [3.05, 3.63) is 18.3 Å². The number of fused-ring (bicyclic) bond motifs is 1. The number of hydrogen-bond acceptors (Lipinski definition) is 4. The Balaban J connectivity index is 2.24. The molecule has 0 amide bonds. The highest BCUT2D eigenvalue weighted by atomic mass is 16.3. The highest BCUT2D eigenvalue weighted by molar-refractivity contribution is 5.88. The summed E-state index contributed by atoms with van der Waals surface area (Å²) in [7, 11) is 0. The number of H-pyrrole nitrogens is 1. The van der Waals surface area contributed by atoms with Crippen molar-refractivity contribution in [2.45, 2.75) is 25.8 Å². The van der Waals surface area contributed by atoms with Gasteiger partial charge < -0.3 is 16.2 Å². The van der Waals surface area contributed by atoms with Gasteiger partial charge in [0, 0.05) is 18.0 Å². The van der Waals surface area contributed by atoms with Gasteiger partial charge in [0.1, 0.15) is 0 Å². The quantitative estimate of drug-likeness (QED) is 0.593. The maximum absolute atomic E-state index is 8.97. The SMILES string of the molecule is CCC(CCO)Nc1cc2[nH]ncc2cc1N. The molecule has 2 aromatic rings. The van der Waals surface area contributed by atoms with Gasteiger partial charge >= 0.3 is 0 Å². The van der Waals surface area contributed by atoms with Gasteiger partial charge in [-0.2, -0.15) is 5.10 Å². The number of hydrogen-bond donors (Lipinski definition) is 4. The molecule has 17 heavy (non-hydrogen) atoms. The molecule has 0 saturated heterocycles. The summed E-state index contributed by atoms with van der Waals surface area (Å²) < 4.78 is 0. The summed E-state index contributed by atoms with van der Waals surface area (Å²) in [6.45, 7) is 2.26. The molecule has 0 saturated carbocycles. The highest BCUT2D eigenvalue weighted by Crippen LogP contribution is 2.25. The molecule has 0 bridgehead atoms.